The predicted molar refractivity (Wildman–Crippen MR) is 65.7 cm³/mol. The number of nitrogens with one attached hydrogen (secondary N) is 1. The molecule has 2 fully saturated rings. The van der Waals surface area contributed by atoms with Crippen molar-refractivity contribution in [3.05, 3.63) is 23.9 Å². The number of hydrogen-bond donors (Lipinski definition) is 1. The second kappa shape index (κ2) is 4.42. The Kier molecular flexibility index (Phi) is 2.79. The third-order valence-corrected chi connectivity index (χ3v) is 3.60. The number of nitrogens with zero attached hydrogens (tertiary/aromatic N) is 2. The number of pyridine rings is 1. The van der Waals surface area contributed by atoms with Gasteiger partial charge in [0.2, 0.25) is 0 Å². The standard InChI is InChI=1S/C13H19N3/c1-2-10-16(9-1)13-7-3-5-12(15-13)11-6-4-8-14-11/h3,5,7,11,14H,1-2,4,6,8-10H2/t11-/m1/s1. The number of rotatable bonds is 2. The third-order valence-electron chi connectivity index (χ3n) is 3.60. The van der Waals surface area contributed by atoms with Crippen LogP contribution in [-0.2, 0) is 0 Å². The molecule has 0 amide bonds. The summed E-state index contributed by atoms with van der Waals surface area (Å²) in [5.74, 6) is 1.17. The first-order valence-electron chi connectivity index (χ1n) is 6.39. The second-order valence-electron chi connectivity index (χ2n) is 4.76. The van der Waals surface area contributed by atoms with E-state index in [4.69, 9.17) is 4.98 Å². The molecule has 1 aromatic rings. The molecule has 0 bridgehead atoms. The first-order valence-corrected chi connectivity index (χ1v) is 6.39. The third kappa shape index (κ3) is 1.92. The van der Waals surface area contributed by atoms with Crippen LogP contribution in [0.2, 0.25) is 0 Å². The van der Waals surface area contributed by atoms with E-state index in [2.05, 4.69) is 28.4 Å². The van der Waals surface area contributed by atoms with Gasteiger partial charge in [0.05, 0.1) is 5.69 Å². The summed E-state index contributed by atoms with van der Waals surface area (Å²) in [6, 6.07) is 6.94. The van der Waals surface area contributed by atoms with Gasteiger partial charge in [-0.25, -0.2) is 4.98 Å². The predicted octanol–water partition coefficient (Wildman–Crippen LogP) is 2.11. The quantitative estimate of drug-likeness (QED) is 0.822. The summed E-state index contributed by atoms with van der Waals surface area (Å²) < 4.78 is 0. The Balaban J connectivity index is 1.81. The van der Waals surface area contributed by atoms with Gasteiger partial charge in [-0.2, -0.15) is 0 Å². The van der Waals surface area contributed by atoms with Crippen LogP contribution in [0.15, 0.2) is 18.2 Å². The molecule has 3 rings (SSSR count). The van der Waals surface area contributed by atoms with E-state index >= 15 is 0 Å². The summed E-state index contributed by atoms with van der Waals surface area (Å²) in [7, 11) is 0. The van der Waals surface area contributed by atoms with Crippen molar-refractivity contribution in [2.45, 2.75) is 31.7 Å². The van der Waals surface area contributed by atoms with Crippen LogP contribution in [0.1, 0.15) is 37.4 Å². The molecule has 0 radical (unpaired) electrons. The first kappa shape index (κ1) is 10.1. The highest BCUT2D eigenvalue weighted by Gasteiger charge is 2.19. The SMILES string of the molecule is c1cc([C@H]2CCCN2)nc(N2CCCC2)c1. The largest absolute Gasteiger partial charge is 0.357 e. The molecule has 2 aliphatic heterocycles. The molecular formula is C13H19N3. The van der Waals surface area contributed by atoms with E-state index in [1.165, 1.54) is 50.3 Å². The van der Waals surface area contributed by atoms with Gasteiger partial charge >= 0.3 is 0 Å². The molecule has 86 valence electrons. The van der Waals surface area contributed by atoms with Crippen LogP contribution in [0, 0.1) is 0 Å². The zero-order valence-corrected chi connectivity index (χ0v) is 9.65. The Hall–Kier alpha value is -1.09. The van der Waals surface area contributed by atoms with Gasteiger partial charge in [0.15, 0.2) is 0 Å². The van der Waals surface area contributed by atoms with E-state index in [1.807, 2.05) is 0 Å². The topological polar surface area (TPSA) is 28.2 Å². The van der Waals surface area contributed by atoms with Crippen molar-refractivity contribution < 1.29 is 0 Å². The van der Waals surface area contributed by atoms with Crippen molar-refractivity contribution >= 4 is 5.82 Å². The fraction of sp³-hybridized carbons (Fsp3) is 0.615. The molecule has 1 aromatic heterocycles. The minimum Gasteiger partial charge on any atom is -0.357 e. The van der Waals surface area contributed by atoms with Crippen molar-refractivity contribution in [2.24, 2.45) is 0 Å². The van der Waals surface area contributed by atoms with E-state index in [0.29, 0.717) is 6.04 Å². The zero-order valence-electron chi connectivity index (χ0n) is 9.65. The van der Waals surface area contributed by atoms with E-state index in [1.54, 1.807) is 0 Å². The van der Waals surface area contributed by atoms with E-state index in [9.17, 15) is 0 Å². The molecule has 3 heteroatoms. The molecule has 0 spiro atoms. The molecule has 0 aliphatic carbocycles. The van der Waals surface area contributed by atoms with Crippen LogP contribution in [-0.4, -0.2) is 24.6 Å². The maximum absolute atomic E-state index is 4.80. The maximum Gasteiger partial charge on any atom is 0.128 e. The minimum absolute atomic E-state index is 0.488. The summed E-state index contributed by atoms with van der Waals surface area (Å²) in [4.78, 5) is 7.20. The van der Waals surface area contributed by atoms with Crippen molar-refractivity contribution in [3.63, 3.8) is 0 Å². The summed E-state index contributed by atoms with van der Waals surface area (Å²) in [6.45, 7) is 3.49. The Morgan fingerprint density at radius 2 is 2.06 bits per heavy atom. The molecule has 3 heterocycles. The highest BCUT2D eigenvalue weighted by molar-refractivity contribution is 5.40. The van der Waals surface area contributed by atoms with Crippen LogP contribution in [0.5, 0.6) is 0 Å². The van der Waals surface area contributed by atoms with Gasteiger partial charge < -0.3 is 10.2 Å². The fourth-order valence-corrected chi connectivity index (χ4v) is 2.69. The van der Waals surface area contributed by atoms with E-state index < -0.39 is 0 Å². The molecular weight excluding hydrogens is 198 g/mol. The van der Waals surface area contributed by atoms with Crippen LogP contribution in [0.3, 0.4) is 0 Å². The Morgan fingerprint density at radius 1 is 1.19 bits per heavy atom. The van der Waals surface area contributed by atoms with Crippen molar-refractivity contribution in [1.29, 1.82) is 0 Å². The van der Waals surface area contributed by atoms with Gasteiger partial charge in [-0.15, -0.1) is 0 Å². The van der Waals surface area contributed by atoms with Gasteiger partial charge in [-0.05, 0) is 44.4 Å². The van der Waals surface area contributed by atoms with Crippen LogP contribution in [0.4, 0.5) is 5.82 Å². The zero-order chi connectivity index (χ0) is 10.8. The molecule has 0 unspecified atom stereocenters. The highest BCUT2D eigenvalue weighted by Crippen LogP contribution is 2.24. The molecule has 16 heavy (non-hydrogen) atoms. The Bertz CT molecular complexity index is 321. The van der Waals surface area contributed by atoms with E-state index in [0.717, 1.165) is 6.54 Å². The molecule has 0 saturated carbocycles. The van der Waals surface area contributed by atoms with Gasteiger partial charge in [0.25, 0.3) is 0 Å². The van der Waals surface area contributed by atoms with Gasteiger partial charge in [0.1, 0.15) is 5.82 Å². The molecule has 1 atom stereocenters. The first-order chi connectivity index (χ1) is 7.93. The molecule has 0 aromatic carbocycles. The molecule has 3 nitrogen and oxygen atoms in total. The van der Waals surface area contributed by atoms with Crippen LogP contribution in [0.25, 0.3) is 0 Å². The number of hydrogen-bond acceptors (Lipinski definition) is 3. The lowest BCUT2D eigenvalue weighted by Crippen LogP contribution is -2.21. The average Bonchev–Trinajstić information content (AvgIpc) is 3.03. The molecule has 2 aliphatic rings. The average molecular weight is 217 g/mol. The fourth-order valence-electron chi connectivity index (χ4n) is 2.69. The van der Waals surface area contributed by atoms with Crippen LogP contribution >= 0.6 is 0 Å². The number of aromatic nitrogens is 1. The van der Waals surface area contributed by atoms with Gasteiger partial charge in [-0.3, -0.25) is 0 Å². The Morgan fingerprint density at radius 3 is 2.81 bits per heavy atom. The number of anilines is 1. The minimum atomic E-state index is 0.488. The Labute approximate surface area is 96.9 Å². The lowest BCUT2D eigenvalue weighted by Gasteiger charge is -2.18. The van der Waals surface area contributed by atoms with E-state index in [-0.39, 0.29) is 0 Å². The molecule has 2 saturated heterocycles. The van der Waals surface area contributed by atoms with Crippen molar-refractivity contribution in [1.82, 2.24) is 10.3 Å². The highest BCUT2D eigenvalue weighted by atomic mass is 15.2. The van der Waals surface area contributed by atoms with Crippen molar-refractivity contribution in [2.75, 3.05) is 24.5 Å². The smallest absolute Gasteiger partial charge is 0.128 e. The summed E-state index contributed by atoms with van der Waals surface area (Å²) >= 11 is 0. The lowest BCUT2D eigenvalue weighted by atomic mass is 10.1. The maximum atomic E-state index is 4.80. The monoisotopic (exact) mass is 217 g/mol. The normalized spacial score (nSPS) is 25.2. The van der Waals surface area contributed by atoms with Gasteiger partial charge in [0, 0.05) is 19.1 Å². The summed E-state index contributed by atoms with van der Waals surface area (Å²) in [5, 5.41) is 3.51. The molecule has 1 N–H and O–H groups in total. The summed E-state index contributed by atoms with van der Waals surface area (Å²) in [6.07, 6.45) is 5.14. The second-order valence-corrected chi connectivity index (χ2v) is 4.76. The lowest BCUT2D eigenvalue weighted by molar-refractivity contribution is 0.627. The van der Waals surface area contributed by atoms with Crippen LogP contribution < -0.4 is 10.2 Å². The van der Waals surface area contributed by atoms with Crippen molar-refractivity contribution in [3.8, 4) is 0 Å². The summed E-state index contributed by atoms with van der Waals surface area (Å²) in [5.41, 5.74) is 1.22. The van der Waals surface area contributed by atoms with Gasteiger partial charge in [-0.1, -0.05) is 6.07 Å².